The van der Waals surface area contributed by atoms with Gasteiger partial charge in [-0.3, -0.25) is 4.79 Å². The molecule has 1 heterocycles. The third-order valence-corrected chi connectivity index (χ3v) is 3.51. The monoisotopic (exact) mass is 256 g/mol. The van der Waals surface area contributed by atoms with Crippen molar-refractivity contribution < 1.29 is 9.53 Å². The van der Waals surface area contributed by atoms with Crippen LogP contribution in [-0.2, 0) is 9.53 Å². The fourth-order valence-corrected chi connectivity index (χ4v) is 2.62. The quantitative estimate of drug-likeness (QED) is 0.753. The molecule has 0 aromatic rings. The number of rotatable bonds is 7. The summed E-state index contributed by atoms with van der Waals surface area (Å²) in [6, 6.07) is 0. The average molecular weight is 256 g/mol. The van der Waals surface area contributed by atoms with Crippen molar-refractivity contribution in [1.82, 2.24) is 10.2 Å². The maximum Gasteiger partial charge on any atom is 0.225 e. The first-order valence-electron chi connectivity index (χ1n) is 7.27. The zero-order valence-corrected chi connectivity index (χ0v) is 12.1. The van der Waals surface area contributed by atoms with Gasteiger partial charge < -0.3 is 15.0 Å². The molecule has 106 valence electrons. The van der Waals surface area contributed by atoms with Crippen LogP contribution in [0, 0.1) is 5.92 Å². The van der Waals surface area contributed by atoms with E-state index in [9.17, 15) is 4.79 Å². The van der Waals surface area contributed by atoms with Crippen molar-refractivity contribution in [1.29, 1.82) is 0 Å². The molecule has 1 aliphatic rings. The third-order valence-electron chi connectivity index (χ3n) is 3.51. The number of ether oxygens (including phenoxy) is 1. The molecule has 1 fully saturated rings. The van der Waals surface area contributed by atoms with E-state index >= 15 is 0 Å². The molecule has 0 bridgehead atoms. The van der Waals surface area contributed by atoms with Crippen LogP contribution in [0.2, 0.25) is 0 Å². The molecule has 4 nitrogen and oxygen atoms in total. The lowest BCUT2D eigenvalue weighted by molar-refractivity contribution is -0.143. The van der Waals surface area contributed by atoms with E-state index in [1.54, 1.807) is 0 Å². The minimum absolute atomic E-state index is 0.150. The van der Waals surface area contributed by atoms with Crippen molar-refractivity contribution >= 4 is 5.91 Å². The lowest BCUT2D eigenvalue weighted by atomic mass is 9.96. The van der Waals surface area contributed by atoms with Crippen LogP contribution >= 0.6 is 0 Å². The third kappa shape index (κ3) is 4.58. The van der Waals surface area contributed by atoms with E-state index in [0.29, 0.717) is 12.5 Å². The van der Waals surface area contributed by atoms with Gasteiger partial charge >= 0.3 is 0 Å². The Hall–Kier alpha value is -0.610. The second-order valence-electron chi connectivity index (χ2n) is 5.11. The zero-order valence-electron chi connectivity index (χ0n) is 12.1. The van der Waals surface area contributed by atoms with Crippen molar-refractivity contribution in [3.05, 3.63) is 0 Å². The van der Waals surface area contributed by atoms with E-state index in [-0.39, 0.29) is 12.0 Å². The predicted octanol–water partition coefficient (Wildman–Crippen LogP) is 1.65. The van der Waals surface area contributed by atoms with Crippen molar-refractivity contribution in [2.24, 2.45) is 5.92 Å². The molecule has 1 atom stereocenters. The standard InChI is InChI=1S/C14H28N2O2/c1-4-6-12(7-5-2)14(17)16-8-9-18-13(11-16)10-15-3/h12-13,15H,4-11H2,1-3H3. The fraction of sp³-hybridized carbons (Fsp3) is 0.929. The number of hydrogen-bond donors (Lipinski definition) is 1. The van der Waals surface area contributed by atoms with Crippen molar-refractivity contribution in [2.45, 2.75) is 45.6 Å². The molecule has 1 N–H and O–H groups in total. The van der Waals surface area contributed by atoms with E-state index in [4.69, 9.17) is 4.74 Å². The molecule has 0 aromatic heterocycles. The first kappa shape index (κ1) is 15.4. The maximum atomic E-state index is 12.5. The Morgan fingerprint density at radius 3 is 2.61 bits per heavy atom. The predicted molar refractivity (Wildman–Crippen MR) is 73.6 cm³/mol. The van der Waals surface area contributed by atoms with Crippen LogP contribution < -0.4 is 5.32 Å². The molecule has 0 saturated carbocycles. The number of nitrogens with zero attached hydrogens (tertiary/aromatic N) is 1. The topological polar surface area (TPSA) is 41.6 Å². The second-order valence-corrected chi connectivity index (χ2v) is 5.11. The molecular formula is C14H28N2O2. The summed E-state index contributed by atoms with van der Waals surface area (Å²) in [7, 11) is 1.92. The van der Waals surface area contributed by atoms with E-state index < -0.39 is 0 Å². The smallest absolute Gasteiger partial charge is 0.225 e. The number of likely N-dealkylation sites (N-methyl/N-ethyl adjacent to an activating group) is 1. The molecule has 1 rings (SSSR count). The van der Waals surface area contributed by atoms with Gasteiger partial charge in [-0.15, -0.1) is 0 Å². The van der Waals surface area contributed by atoms with E-state index in [0.717, 1.165) is 45.3 Å². The van der Waals surface area contributed by atoms with Crippen LogP contribution in [0.25, 0.3) is 0 Å². The number of morpholine rings is 1. The molecular weight excluding hydrogens is 228 g/mol. The highest BCUT2D eigenvalue weighted by Crippen LogP contribution is 2.18. The Bertz CT molecular complexity index is 238. The van der Waals surface area contributed by atoms with Gasteiger partial charge in [-0.1, -0.05) is 26.7 Å². The van der Waals surface area contributed by atoms with Gasteiger partial charge in [-0.2, -0.15) is 0 Å². The number of amides is 1. The number of hydrogen-bond acceptors (Lipinski definition) is 3. The van der Waals surface area contributed by atoms with Crippen molar-refractivity contribution in [3.8, 4) is 0 Å². The molecule has 0 aromatic carbocycles. The van der Waals surface area contributed by atoms with Gasteiger partial charge in [0, 0.05) is 25.6 Å². The lowest BCUT2D eigenvalue weighted by Crippen LogP contribution is -2.50. The number of nitrogens with one attached hydrogen (secondary N) is 1. The molecule has 0 radical (unpaired) electrons. The summed E-state index contributed by atoms with van der Waals surface area (Å²) in [5, 5.41) is 3.11. The Morgan fingerprint density at radius 1 is 1.39 bits per heavy atom. The Labute approximate surface area is 111 Å². The largest absolute Gasteiger partial charge is 0.373 e. The molecule has 18 heavy (non-hydrogen) atoms. The first-order chi connectivity index (χ1) is 8.72. The maximum absolute atomic E-state index is 12.5. The molecule has 1 aliphatic heterocycles. The highest BCUT2D eigenvalue weighted by Gasteiger charge is 2.28. The average Bonchev–Trinajstić information content (AvgIpc) is 2.38. The molecule has 1 amide bonds. The van der Waals surface area contributed by atoms with E-state index in [1.165, 1.54) is 0 Å². The van der Waals surface area contributed by atoms with Crippen molar-refractivity contribution in [3.63, 3.8) is 0 Å². The van der Waals surface area contributed by atoms with Crippen LogP contribution in [0.1, 0.15) is 39.5 Å². The van der Waals surface area contributed by atoms with Gasteiger partial charge in [0.2, 0.25) is 5.91 Å². The highest BCUT2D eigenvalue weighted by atomic mass is 16.5. The van der Waals surface area contributed by atoms with Gasteiger partial charge in [0.25, 0.3) is 0 Å². The molecule has 1 unspecified atom stereocenters. The van der Waals surface area contributed by atoms with Crippen molar-refractivity contribution in [2.75, 3.05) is 33.3 Å². The summed E-state index contributed by atoms with van der Waals surface area (Å²) >= 11 is 0. The minimum Gasteiger partial charge on any atom is -0.373 e. The van der Waals surface area contributed by atoms with Crippen LogP contribution in [-0.4, -0.2) is 50.2 Å². The molecule has 0 spiro atoms. The minimum atomic E-state index is 0.150. The summed E-state index contributed by atoms with van der Waals surface area (Å²) in [5.74, 6) is 0.552. The van der Waals surface area contributed by atoms with Crippen LogP contribution in [0.4, 0.5) is 0 Å². The lowest BCUT2D eigenvalue weighted by Gasteiger charge is -2.35. The van der Waals surface area contributed by atoms with Gasteiger partial charge in [0.1, 0.15) is 0 Å². The SMILES string of the molecule is CCCC(CCC)C(=O)N1CCOC(CNC)C1. The summed E-state index contributed by atoms with van der Waals surface area (Å²) in [6.07, 6.45) is 4.35. The Kier molecular flexibility index (Phi) is 7.28. The van der Waals surface area contributed by atoms with Gasteiger partial charge in [0.05, 0.1) is 12.7 Å². The molecule has 0 aliphatic carbocycles. The summed E-state index contributed by atoms with van der Waals surface area (Å²) in [6.45, 7) is 7.28. The summed E-state index contributed by atoms with van der Waals surface area (Å²) in [5.41, 5.74) is 0. The van der Waals surface area contributed by atoms with Gasteiger partial charge in [-0.05, 0) is 19.9 Å². The Morgan fingerprint density at radius 2 is 2.06 bits per heavy atom. The zero-order chi connectivity index (χ0) is 13.4. The molecule has 4 heteroatoms. The second kappa shape index (κ2) is 8.48. The van der Waals surface area contributed by atoms with E-state index in [1.807, 2.05) is 11.9 Å². The normalized spacial score (nSPS) is 20.4. The van der Waals surface area contributed by atoms with Crippen LogP contribution in [0.5, 0.6) is 0 Å². The van der Waals surface area contributed by atoms with Crippen LogP contribution in [0.3, 0.4) is 0 Å². The Balaban J connectivity index is 2.52. The first-order valence-corrected chi connectivity index (χ1v) is 7.27. The fourth-order valence-electron chi connectivity index (χ4n) is 2.62. The number of carbonyl (C=O) groups excluding carboxylic acids is 1. The van der Waals surface area contributed by atoms with Crippen LogP contribution in [0.15, 0.2) is 0 Å². The van der Waals surface area contributed by atoms with Gasteiger partial charge in [0.15, 0.2) is 0 Å². The highest BCUT2D eigenvalue weighted by molar-refractivity contribution is 5.79. The molecule has 1 saturated heterocycles. The van der Waals surface area contributed by atoms with Gasteiger partial charge in [-0.25, -0.2) is 0 Å². The van der Waals surface area contributed by atoms with E-state index in [2.05, 4.69) is 19.2 Å². The summed E-state index contributed by atoms with van der Waals surface area (Å²) < 4.78 is 5.64. The number of carbonyl (C=O) groups is 1. The summed E-state index contributed by atoms with van der Waals surface area (Å²) in [4.78, 5) is 14.5.